The van der Waals surface area contributed by atoms with Gasteiger partial charge in [-0.05, 0) is 56.2 Å². The predicted octanol–water partition coefficient (Wildman–Crippen LogP) is 3.90. The summed E-state index contributed by atoms with van der Waals surface area (Å²) in [5, 5.41) is 6.80. The van der Waals surface area contributed by atoms with Crippen LogP contribution in [0.2, 0.25) is 0 Å². The topological polar surface area (TPSA) is 129 Å². The molecular weight excluding hydrogens is 463 g/mol. The van der Waals surface area contributed by atoms with E-state index in [1.54, 1.807) is 32.0 Å². The Morgan fingerprint density at radius 2 is 1.83 bits per heavy atom. The Morgan fingerprint density at radius 1 is 1.09 bits per heavy atom. The third-order valence-corrected chi connectivity index (χ3v) is 5.32. The van der Waals surface area contributed by atoms with Crippen LogP contribution in [-0.2, 0) is 12.7 Å². The summed E-state index contributed by atoms with van der Waals surface area (Å²) in [6.45, 7) is 5.45. The maximum Gasteiger partial charge on any atom is 0.433 e. The van der Waals surface area contributed by atoms with Crippen LogP contribution in [0.5, 0.6) is 0 Å². The molecule has 0 aliphatic rings. The van der Waals surface area contributed by atoms with E-state index < -0.39 is 23.7 Å². The molecule has 0 unspecified atom stereocenters. The van der Waals surface area contributed by atoms with Crippen LogP contribution in [0, 0.1) is 13.8 Å². The van der Waals surface area contributed by atoms with E-state index in [1.807, 2.05) is 0 Å². The maximum atomic E-state index is 13.0. The molecule has 1 aromatic carbocycles. The highest BCUT2D eigenvalue weighted by atomic mass is 19.4. The zero-order chi connectivity index (χ0) is 25.5. The third kappa shape index (κ3) is 4.67. The number of nitrogens with zero attached hydrogens (tertiary/aromatic N) is 5. The van der Waals surface area contributed by atoms with Gasteiger partial charge in [-0.3, -0.25) is 14.3 Å². The van der Waals surface area contributed by atoms with Crippen LogP contribution < -0.4 is 11.1 Å². The van der Waals surface area contributed by atoms with E-state index in [4.69, 9.17) is 5.73 Å². The first-order chi connectivity index (χ1) is 16.5. The largest absolute Gasteiger partial charge is 0.433 e. The molecule has 0 radical (unpaired) electrons. The molecule has 4 aromatic rings. The van der Waals surface area contributed by atoms with Gasteiger partial charge >= 0.3 is 6.18 Å². The monoisotopic (exact) mass is 483 g/mol. The molecule has 0 spiro atoms. The number of alkyl halides is 3. The lowest BCUT2D eigenvalue weighted by Gasteiger charge is -2.12. The number of pyridine rings is 1. The summed E-state index contributed by atoms with van der Waals surface area (Å²) in [4.78, 5) is 36.4. The molecule has 2 amide bonds. The molecule has 9 nitrogen and oxygen atoms in total. The highest BCUT2D eigenvalue weighted by Crippen LogP contribution is 2.31. The normalized spacial score (nSPS) is 11.6. The number of anilines is 1. The number of hydrogen-bond donors (Lipinski definition) is 2. The minimum atomic E-state index is -4.56. The number of nitrogens with one attached hydrogen (secondary N) is 1. The van der Waals surface area contributed by atoms with Crippen LogP contribution in [0.3, 0.4) is 0 Å². The average Bonchev–Trinajstić information content (AvgIpc) is 3.25. The Labute approximate surface area is 197 Å². The highest BCUT2D eigenvalue weighted by molar-refractivity contribution is 6.05. The number of hydrogen-bond acceptors (Lipinski definition) is 6. The number of halogens is 3. The molecule has 0 atom stereocenters. The van der Waals surface area contributed by atoms with Crippen LogP contribution >= 0.6 is 0 Å². The zero-order valence-electron chi connectivity index (χ0n) is 18.9. The molecule has 0 saturated heterocycles. The summed E-state index contributed by atoms with van der Waals surface area (Å²) in [6, 6.07) is 7.37. The van der Waals surface area contributed by atoms with Gasteiger partial charge in [0.25, 0.3) is 11.8 Å². The Hall–Kier alpha value is -4.35. The summed E-state index contributed by atoms with van der Waals surface area (Å²) >= 11 is 0. The Morgan fingerprint density at radius 3 is 2.46 bits per heavy atom. The van der Waals surface area contributed by atoms with Crippen molar-refractivity contribution in [3.8, 4) is 11.4 Å². The molecule has 4 rings (SSSR count). The lowest BCUT2D eigenvalue weighted by molar-refractivity contribution is -0.141. The quantitative estimate of drug-likeness (QED) is 0.443. The van der Waals surface area contributed by atoms with Gasteiger partial charge in [-0.15, -0.1) is 0 Å². The second-order valence-electron chi connectivity index (χ2n) is 7.83. The molecule has 3 aromatic heterocycles. The lowest BCUT2D eigenvalue weighted by atomic mass is 10.1. The summed E-state index contributed by atoms with van der Waals surface area (Å²) in [5.41, 5.74) is 6.94. The molecule has 180 valence electrons. The number of aryl methyl sites for hydroxylation is 3. The minimum absolute atomic E-state index is 0.00957. The lowest BCUT2D eigenvalue weighted by Crippen LogP contribution is -2.18. The van der Waals surface area contributed by atoms with Gasteiger partial charge in [0, 0.05) is 23.9 Å². The van der Waals surface area contributed by atoms with Crippen LogP contribution in [0.1, 0.15) is 44.7 Å². The summed E-state index contributed by atoms with van der Waals surface area (Å²) in [7, 11) is 0. The third-order valence-electron chi connectivity index (χ3n) is 5.32. The van der Waals surface area contributed by atoms with Crippen molar-refractivity contribution in [2.75, 3.05) is 5.32 Å². The fourth-order valence-corrected chi connectivity index (χ4v) is 3.56. The fraction of sp³-hybridized carbons (Fsp3) is 0.217. The number of rotatable bonds is 5. The van der Waals surface area contributed by atoms with Crippen LogP contribution in [0.25, 0.3) is 22.4 Å². The SMILES string of the molecule is CCn1nc(C(N)=O)cc1C(=O)Nc1ccc(-c2ncc3nc(C(F)(F)F)cc(C)c3n2)cc1C. The van der Waals surface area contributed by atoms with Crippen LogP contribution in [0.15, 0.2) is 36.5 Å². The molecule has 0 bridgehead atoms. The second kappa shape index (κ2) is 8.78. The average molecular weight is 483 g/mol. The molecule has 0 aliphatic heterocycles. The van der Waals surface area contributed by atoms with Crippen molar-refractivity contribution in [3.05, 3.63) is 64.7 Å². The number of amides is 2. The molecule has 35 heavy (non-hydrogen) atoms. The molecule has 0 aliphatic carbocycles. The van der Waals surface area contributed by atoms with Crippen molar-refractivity contribution in [2.45, 2.75) is 33.5 Å². The first-order valence-electron chi connectivity index (χ1n) is 10.5. The highest BCUT2D eigenvalue weighted by Gasteiger charge is 2.33. The number of nitrogens with two attached hydrogens (primary N) is 1. The van der Waals surface area contributed by atoms with Gasteiger partial charge in [0.1, 0.15) is 16.9 Å². The molecule has 3 heterocycles. The maximum absolute atomic E-state index is 13.0. The number of fused-ring (bicyclic) bond motifs is 1. The second-order valence-corrected chi connectivity index (χ2v) is 7.83. The first kappa shape index (κ1) is 23.8. The van der Waals surface area contributed by atoms with Gasteiger partial charge in [0.15, 0.2) is 11.5 Å². The Bertz CT molecular complexity index is 1480. The van der Waals surface area contributed by atoms with E-state index in [9.17, 15) is 22.8 Å². The van der Waals surface area contributed by atoms with Crippen molar-refractivity contribution in [1.82, 2.24) is 24.7 Å². The Kier molecular flexibility index (Phi) is 5.97. The van der Waals surface area contributed by atoms with Crippen LogP contribution in [0.4, 0.5) is 18.9 Å². The summed E-state index contributed by atoms with van der Waals surface area (Å²) < 4.78 is 40.5. The van der Waals surface area contributed by atoms with E-state index >= 15 is 0 Å². The van der Waals surface area contributed by atoms with Gasteiger partial charge in [0.2, 0.25) is 0 Å². The van der Waals surface area contributed by atoms with Crippen molar-refractivity contribution in [1.29, 1.82) is 0 Å². The smallest absolute Gasteiger partial charge is 0.364 e. The number of primary amides is 1. The van der Waals surface area contributed by atoms with Crippen molar-refractivity contribution < 1.29 is 22.8 Å². The number of carbonyl (C=O) groups is 2. The first-order valence-corrected chi connectivity index (χ1v) is 10.5. The molecule has 0 saturated carbocycles. The summed E-state index contributed by atoms with van der Waals surface area (Å²) in [6.07, 6.45) is -3.31. The van der Waals surface area contributed by atoms with E-state index in [1.165, 1.54) is 23.9 Å². The Balaban J connectivity index is 1.62. The van der Waals surface area contributed by atoms with Gasteiger partial charge in [-0.25, -0.2) is 15.0 Å². The zero-order valence-corrected chi connectivity index (χ0v) is 18.9. The number of carbonyl (C=O) groups excluding carboxylic acids is 2. The van der Waals surface area contributed by atoms with Crippen molar-refractivity contribution in [3.63, 3.8) is 0 Å². The van der Waals surface area contributed by atoms with Crippen molar-refractivity contribution in [2.24, 2.45) is 5.73 Å². The van der Waals surface area contributed by atoms with Crippen LogP contribution in [-0.4, -0.2) is 36.5 Å². The van der Waals surface area contributed by atoms with E-state index in [0.717, 1.165) is 6.07 Å². The molecular formula is C23H20F3N7O2. The van der Waals surface area contributed by atoms with Gasteiger partial charge in [0.05, 0.1) is 11.7 Å². The molecule has 3 N–H and O–H groups in total. The fourth-order valence-electron chi connectivity index (χ4n) is 3.56. The van der Waals surface area contributed by atoms with E-state index in [0.29, 0.717) is 40.3 Å². The van der Waals surface area contributed by atoms with E-state index in [-0.39, 0.29) is 16.9 Å². The predicted molar refractivity (Wildman–Crippen MR) is 122 cm³/mol. The van der Waals surface area contributed by atoms with Gasteiger partial charge in [-0.1, -0.05) is 0 Å². The van der Waals surface area contributed by atoms with Crippen molar-refractivity contribution >= 4 is 28.5 Å². The van der Waals surface area contributed by atoms with Gasteiger partial charge < -0.3 is 11.1 Å². The molecule has 0 fully saturated rings. The number of aromatic nitrogens is 5. The number of benzene rings is 1. The summed E-state index contributed by atoms with van der Waals surface area (Å²) in [5.74, 6) is -0.896. The minimum Gasteiger partial charge on any atom is -0.364 e. The van der Waals surface area contributed by atoms with Gasteiger partial charge in [-0.2, -0.15) is 18.3 Å². The molecule has 12 heteroatoms. The standard InChI is InChI=1S/C23H20F3N7O2/c1-4-33-17(9-15(32-33)20(27)34)22(35)30-14-6-5-13(7-11(14)2)21-28-10-16-19(31-21)12(3)8-18(29-16)23(24,25)26/h5-10H,4H2,1-3H3,(H2,27,34)(H,30,35). The van der Waals surface area contributed by atoms with E-state index in [2.05, 4.69) is 25.4 Å².